The third kappa shape index (κ3) is 1.83. The van der Waals surface area contributed by atoms with E-state index in [1.54, 1.807) is 19.3 Å². The minimum absolute atomic E-state index is 0.832. The highest BCUT2D eigenvalue weighted by Crippen LogP contribution is 2.65. The molecule has 1 saturated heterocycles. The van der Waals surface area contributed by atoms with E-state index in [1.165, 1.54) is 45.1 Å². The first-order chi connectivity index (χ1) is 9.92. The molecule has 2 N–H and O–H groups in total. The molecule has 20 heavy (non-hydrogen) atoms. The molecule has 112 valence electrons. The fourth-order valence-corrected chi connectivity index (χ4v) is 6.72. The molecular formula is C18H30N2. The van der Waals surface area contributed by atoms with Gasteiger partial charge in [-0.15, -0.1) is 0 Å². The van der Waals surface area contributed by atoms with Gasteiger partial charge in [-0.3, -0.25) is 0 Å². The van der Waals surface area contributed by atoms with Crippen LogP contribution in [0.1, 0.15) is 57.8 Å². The van der Waals surface area contributed by atoms with Gasteiger partial charge in [-0.2, -0.15) is 0 Å². The van der Waals surface area contributed by atoms with Crippen LogP contribution in [0.2, 0.25) is 0 Å². The maximum Gasteiger partial charge on any atom is 0.0138 e. The van der Waals surface area contributed by atoms with Crippen LogP contribution in [-0.4, -0.2) is 24.7 Å². The Bertz CT molecular complexity index is 360. The van der Waals surface area contributed by atoms with Crippen LogP contribution >= 0.6 is 0 Å². The Morgan fingerprint density at radius 2 is 1.65 bits per heavy atom. The first kappa shape index (κ1) is 12.5. The van der Waals surface area contributed by atoms with Crippen LogP contribution < -0.4 is 10.6 Å². The summed E-state index contributed by atoms with van der Waals surface area (Å²) >= 11 is 0. The van der Waals surface area contributed by atoms with Crippen LogP contribution in [-0.2, 0) is 0 Å². The summed E-state index contributed by atoms with van der Waals surface area (Å²) in [5.41, 5.74) is 0. The Kier molecular flexibility index (Phi) is 2.93. The minimum atomic E-state index is 0.832. The van der Waals surface area contributed by atoms with Crippen molar-refractivity contribution in [2.75, 3.05) is 6.54 Å². The number of nitrogens with one attached hydrogen (secondary N) is 2. The molecule has 2 nitrogen and oxygen atoms in total. The SMILES string of the molecule is C1CCC(C2CCCC2NC2C3C4CCC(C4)C23)NC1. The number of hydrogen-bond donors (Lipinski definition) is 2. The van der Waals surface area contributed by atoms with E-state index in [-0.39, 0.29) is 0 Å². The van der Waals surface area contributed by atoms with E-state index in [1.807, 2.05) is 0 Å². The van der Waals surface area contributed by atoms with Gasteiger partial charge in [0.15, 0.2) is 0 Å². The second-order valence-corrected chi connectivity index (χ2v) is 8.44. The third-order valence-electron chi connectivity index (χ3n) is 7.58. The second kappa shape index (κ2) is 4.71. The minimum Gasteiger partial charge on any atom is -0.314 e. The second-order valence-electron chi connectivity index (χ2n) is 8.44. The monoisotopic (exact) mass is 274 g/mol. The van der Waals surface area contributed by atoms with Crippen LogP contribution in [0.25, 0.3) is 0 Å². The largest absolute Gasteiger partial charge is 0.314 e. The van der Waals surface area contributed by atoms with Crippen molar-refractivity contribution in [3.05, 3.63) is 0 Å². The maximum atomic E-state index is 4.16. The van der Waals surface area contributed by atoms with Crippen LogP contribution in [0.4, 0.5) is 0 Å². The predicted octanol–water partition coefficient (Wildman–Crippen LogP) is 2.93. The molecule has 2 heteroatoms. The highest BCUT2D eigenvalue weighted by molar-refractivity contribution is 5.17. The number of hydrogen-bond acceptors (Lipinski definition) is 2. The number of piperidine rings is 1. The summed E-state index contributed by atoms with van der Waals surface area (Å²) in [7, 11) is 0. The zero-order chi connectivity index (χ0) is 13.1. The summed E-state index contributed by atoms with van der Waals surface area (Å²) < 4.78 is 0. The average molecular weight is 274 g/mol. The van der Waals surface area contributed by atoms with E-state index in [4.69, 9.17) is 0 Å². The summed E-state index contributed by atoms with van der Waals surface area (Å²) in [5.74, 6) is 5.39. The summed E-state index contributed by atoms with van der Waals surface area (Å²) in [6.07, 6.45) is 13.4. The van der Waals surface area contributed by atoms with Gasteiger partial charge in [0.1, 0.15) is 0 Å². The smallest absolute Gasteiger partial charge is 0.0138 e. The van der Waals surface area contributed by atoms with Crippen molar-refractivity contribution in [2.45, 2.75) is 75.9 Å². The molecule has 5 rings (SSSR count). The Morgan fingerprint density at radius 1 is 0.800 bits per heavy atom. The Labute approximate surface area is 123 Å². The quantitative estimate of drug-likeness (QED) is 0.827. The average Bonchev–Trinajstić information content (AvgIpc) is 2.91. The molecule has 0 radical (unpaired) electrons. The van der Waals surface area contributed by atoms with E-state index in [9.17, 15) is 0 Å². The van der Waals surface area contributed by atoms with E-state index in [2.05, 4.69) is 10.6 Å². The standard InChI is InChI=1S/C18H30N2/c1-2-9-19-14(5-1)13-4-3-6-15(13)20-18-16-11-7-8-12(10-11)17(16)18/h11-20H,1-10H2. The van der Waals surface area contributed by atoms with Crippen molar-refractivity contribution in [3.8, 4) is 0 Å². The van der Waals surface area contributed by atoms with Crippen LogP contribution in [0.3, 0.4) is 0 Å². The molecule has 0 aromatic rings. The van der Waals surface area contributed by atoms with Crippen molar-refractivity contribution >= 4 is 0 Å². The topological polar surface area (TPSA) is 24.1 Å². The lowest BCUT2D eigenvalue weighted by atomic mass is 9.88. The first-order valence-electron chi connectivity index (χ1n) is 9.41. The number of fused-ring (bicyclic) bond motifs is 5. The maximum absolute atomic E-state index is 4.16. The Hall–Kier alpha value is -0.0800. The van der Waals surface area contributed by atoms with Crippen molar-refractivity contribution in [3.63, 3.8) is 0 Å². The highest BCUT2D eigenvalue weighted by atomic mass is 15.1. The molecule has 1 aliphatic heterocycles. The predicted molar refractivity (Wildman–Crippen MR) is 81.5 cm³/mol. The molecule has 7 unspecified atom stereocenters. The number of rotatable bonds is 3. The molecule has 0 aromatic carbocycles. The molecule has 1 heterocycles. The zero-order valence-electron chi connectivity index (χ0n) is 12.7. The lowest BCUT2D eigenvalue weighted by molar-refractivity contribution is 0.249. The lowest BCUT2D eigenvalue weighted by Crippen LogP contribution is -2.48. The first-order valence-corrected chi connectivity index (χ1v) is 9.41. The van der Waals surface area contributed by atoms with E-state index in [0.717, 1.165) is 47.7 Å². The van der Waals surface area contributed by atoms with Gasteiger partial charge >= 0.3 is 0 Å². The molecule has 0 amide bonds. The molecule has 2 bridgehead atoms. The van der Waals surface area contributed by atoms with Gasteiger partial charge in [0.2, 0.25) is 0 Å². The lowest BCUT2D eigenvalue weighted by Gasteiger charge is -2.33. The van der Waals surface area contributed by atoms with Crippen molar-refractivity contribution in [1.82, 2.24) is 10.6 Å². The van der Waals surface area contributed by atoms with Crippen molar-refractivity contribution in [2.24, 2.45) is 29.6 Å². The Balaban J connectivity index is 1.23. The third-order valence-corrected chi connectivity index (χ3v) is 7.58. The molecule has 0 spiro atoms. The Morgan fingerprint density at radius 3 is 2.40 bits per heavy atom. The molecule has 5 aliphatic rings. The van der Waals surface area contributed by atoms with Crippen molar-refractivity contribution in [1.29, 1.82) is 0 Å². The summed E-state index contributed by atoms with van der Waals surface area (Å²) in [6, 6.07) is 2.62. The molecule has 4 aliphatic carbocycles. The van der Waals surface area contributed by atoms with E-state index < -0.39 is 0 Å². The van der Waals surface area contributed by atoms with Gasteiger partial charge < -0.3 is 10.6 Å². The summed E-state index contributed by atoms with van der Waals surface area (Å²) in [4.78, 5) is 0. The zero-order valence-corrected chi connectivity index (χ0v) is 12.7. The fourth-order valence-electron chi connectivity index (χ4n) is 6.72. The van der Waals surface area contributed by atoms with Gasteiger partial charge in [0.05, 0.1) is 0 Å². The molecule has 4 saturated carbocycles. The van der Waals surface area contributed by atoms with Crippen LogP contribution in [0.15, 0.2) is 0 Å². The van der Waals surface area contributed by atoms with Crippen molar-refractivity contribution < 1.29 is 0 Å². The summed E-state index contributed by atoms with van der Waals surface area (Å²) in [5, 5.41) is 7.99. The van der Waals surface area contributed by atoms with Crippen LogP contribution in [0, 0.1) is 29.6 Å². The molecule has 7 atom stereocenters. The summed E-state index contributed by atoms with van der Waals surface area (Å²) in [6.45, 7) is 1.27. The van der Waals surface area contributed by atoms with Gasteiger partial charge in [-0.1, -0.05) is 12.8 Å². The van der Waals surface area contributed by atoms with Gasteiger partial charge in [0, 0.05) is 18.1 Å². The fraction of sp³-hybridized carbons (Fsp3) is 1.00. The van der Waals surface area contributed by atoms with Gasteiger partial charge in [-0.05, 0) is 81.1 Å². The van der Waals surface area contributed by atoms with Gasteiger partial charge in [-0.25, -0.2) is 0 Å². The molecular weight excluding hydrogens is 244 g/mol. The van der Waals surface area contributed by atoms with E-state index in [0.29, 0.717) is 0 Å². The van der Waals surface area contributed by atoms with E-state index >= 15 is 0 Å². The highest BCUT2D eigenvalue weighted by Gasteiger charge is 2.65. The molecule has 0 aromatic heterocycles. The normalized spacial score (nSPS) is 57.0. The van der Waals surface area contributed by atoms with Gasteiger partial charge in [0.25, 0.3) is 0 Å². The van der Waals surface area contributed by atoms with Crippen LogP contribution in [0.5, 0.6) is 0 Å². The molecule has 5 fully saturated rings.